The Hall–Kier alpha value is -1.23. The summed E-state index contributed by atoms with van der Waals surface area (Å²) in [5, 5.41) is 0. The molecule has 4 heteroatoms. The van der Waals surface area contributed by atoms with Gasteiger partial charge in [-0.25, -0.2) is 0 Å². The molecule has 0 spiro atoms. The highest BCUT2D eigenvalue weighted by molar-refractivity contribution is 9.10. The summed E-state index contributed by atoms with van der Waals surface area (Å²) in [5.41, 5.74) is 8.20. The first-order valence-electron chi connectivity index (χ1n) is 6.26. The molecule has 100 valence electrons. The second-order valence-electron chi connectivity index (χ2n) is 4.54. The molecule has 0 aliphatic heterocycles. The highest BCUT2D eigenvalue weighted by Gasteiger charge is 2.16. The van der Waals surface area contributed by atoms with Gasteiger partial charge in [-0.3, -0.25) is 9.88 Å². The Morgan fingerprint density at radius 3 is 2.74 bits per heavy atom. The number of pyridine rings is 1. The maximum absolute atomic E-state index is 5.93. The van der Waals surface area contributed by atoms with Crippen LogP contribution in [0.1, 0.15) is 17.3 Å². The van der Waals surface area contributed by atoms with Gasteiger partial charge >= 0.3 is 0 Å². The number of halogens is 1. The fourth-order valence-electron chi connectivity index (χ4n) is 2.14. The molecule has 19 heavy (non-hydrogen) atoms. The second-order valence-corrected chi connectivity index (χ2v) is 5.46. The van der Waals surface area contributed by atoms with E-state index in [1.54, 1.807) is 0 Å². The van der Waals surface area contributed by atoms with Crippen molar-refractivity contribution in [3.05, 3.63) is 64.4 Å². The first kappa shape index (κ1) is 14.2. The van der Waals surface area contributed by atoms with Crippen LogP contribution in [0.5, 0.6) is 0 Å². The fraction of sp³-hybridized carbons (Fsp3) is 0.267. The minimum atomic E-state index is 0.194. The van der Waals surface area contributed by atoms with Crippen molar-refractivity contribution in [2.45, 2.75) is 12.6 Å². The van der Waals surface area contributed by atoms with E-state index in [0.29, 0.717) is 6.54 Å². The van der Waals surface area contributed by atoms with E-state index in [1.165, 1.54) is 5.56 Å². The predicted molar refractivity (Wildman–Crippen MR) is 81.6 cm³/mol. The second kappa shape index (κ2) is 6.80. The van der Waals surface area contributed by atoms with Crippen molar-refractivity contribution in [1.29, 1.82) is 0 Å². The van der Waals surface area contributed by atoms with Crippen molar-refractivity contribution in [3.8, 4) is 0 Å². The number of rotatable bonds is 5. The minimum absolute atomic E-state index is 0.194. The molecule has 1 aromatic heterocycles. The van der Waals surface area contributed by atoms with E-state index in [0.717, 1.165) is 16.7 Å². The molecular formula is C15H18BrN3. The molecule has 0 fully saturated rings. The molecule has 0 aliphatic rings. The van der Waals surface area contributed by atoms with Gasteiger partial charge in [0.2, 0.25) is 0 Å². The first-order chi connectivity index (χ1) is 9.20. The molecule has 0 saturated heterocycles. The van der Waals surface area contributed by atoms with E-state index in [9.17, 15) is 0 Å². The molecule has 1 aromatic carbocycles. The number of hydrogen-bond donors (Lipinski definition) is 1. The third-order valence-electron chi connectivity index (χ3n) is 3.13. The first-order valence-corrected chi connectivity index (χ1v) is 7.05. The van der Waals surface area contributed by atoms with Gasteiger partial charge in [-0.05, 0) is 36.9 Å². The Morgan fingerprint density at radius 2 is 2.11 bits per heavy atom. The SMILES string of the molecule is CN(Cc1ccccn1)C(CN)c1cccc(Br)c1. The maximum atomic E-state index is 5.93. The fourth-order valence-corrected chi connectivity index (χ4v) is 2.56. The number of nitrogens with two attached hydrogens (primary N) is 1. The lowest BCUT2D eigenvalue weighted by Crippen LogP contribution is -2.30. The lowest BCUT2D eigenvalue weighted by atomic mass is 10.1. The molecule has 0 aliphatic carbocycles. The standard InChI is InChI=1S/C15H18BrN3/c1-19(11-14-7-2-3-8-18-14)15(10-17)12-5-4-6-13(16)9-12/h2-9,15H,10-11,17H2,1H3. The molecule has 0 amide bonds. The van der Waals surface area contributed by atoms with Gasteiger partial charge in [0, 0.05) is 29.8 Å². The van der Waals surface area contributed by atoms with Gasteiger partial charge in [-0.1, -0.05) is 34.1 Å². The van der Waals surface area contributed by atoms with Crippen molar-refractivity contribution >= 4 is 15.9 Å². The number of aromatic nitrogens is 1. The van der Waals surface area contributed by atoms with Crippen molar-refractivity contribution in [3.63, 3.8) is 0 Å². The molecule has 2 N–H and O–H groups in total. The lowest BCUT2D eigenvalue weighted by Gasteiger charge is -2.27. The van der Waals surface area contributed by atoms with E-state index in [2.05, 4.69) is 45.0 Å². The van der Waals surface area contributed by atoms with Crippen LogP contribution in [0.25, 0.3) is 0 Å². The van der Waals surface area contributed by atoms with Crippen molar-refractivity contribution in [2.75, 3.05) is 13.6 Å². The normalized spacial score (nSPS) is 12.6. The number of likely N-dealkylation sites (N-methyl/N-ethyl adjacent to an activating group) is 1. The molecular weight excluding hydrogens is 302 g/mol. The van der Waals surface area contributed by atoms with Crippen molar-refractivity contribution in [2.24, 2.45) is 5.73 Å². The molecule has 1 atom stereocenters. The number of benzene rings is 1. The average molecular weight is 320 g/mol. The highest BCUT2D eigenvalue weighted by Crippen LogP contribution is 2.22. The zero-order chi connectivity index (χ0) is 13.7. The van der Waals surface area contributed by atoms with E-state index >= 15 is 0 Å². The van der Waals surface area contributed by atoms with Crippen LogP contribution in [-0.4, -0.2) is 23.5 Å². The van der Waals surface area contributed by atoms with Gasteiger partial charge in [0.1, 0.15) is 0 Å². The smallest absolute Gasteiger partial charge is 0.0544 e. The zero-order valence-corrected chi connectivity index (χ0v) is 12.5. The van der Waals surface area contributed by atoms with Crippen LogP contribution >= 0.6 is 15.9 Å². The number of hydrogen-bond acceptors (Lipinski definition) is 3. The van der Waals surface area contributed by atoms with E-state index < -0.39 is 0 Å². The Labute approximate surface area is 122 Å². The van der Waals surface area contributed by atoms with Gasteiger partial charge < -0.3 is 5.73 Å². The average Bonchev–Trinajstić information content (AvgIpc) is 2.41. The summed E-state index contributed by atoms with van der Waals surface area (Å²) in [5.74, 6) is 0. The van der Waals surface area contributed by atoms with Crippen molar-refractivity contribution < 1.29 is 0 Å². The van der Waals surface area contributed by atoms with Crippen LogP contribution in [0.4, 0.5) is 0 Å². The van der Waals surface area contributed by atoms with Crippen LogP contribution in [-0.2, 0) is 6.54 Å². The van der Waals surface area contributed by atoms with E-state index in [1.807, 2.05) is 36.5 Å². The van der Waals surface area contributed by atoms with Crippen LogP contribution in [0.15, 0.2) is 53.1 Å². The molecule has 2 rings (SSSR count). The summed E-state index contributed by atoms with van der Waals surface area (Å²) in [6.45, 7) is 1.37. The predicted octanol–water partition coefficient (Wildman–Crippen LogP) is 2.98. The number of nitrogens with zero attached hydrogens (tertiary/aromatic N) is 2. The van der Waals surface area contributed by atoms with Crippen molar-refractivity contribution in [1.82, 2.24) is 9.88 Å². The molecule has 1 unspecified atom stereocenters. The minimum Gasteiger partial charge on any atom is -0.329 e. The Balaban J connectivity index is 2.13. The molecule has 1 heterocycles. The summed E-state index contributed by atoms with van der Waals surface area (Å²) in [6.07, 6.45) is 1.82. The molecule has 3 nitrogen and oxygen atoms in total. The molecule has 0 saturated carbocycles. The van der Waals surface area contributed by atoms with Crippen LogP contribution in [0.2, 0.25) is 0 Å². The summed E-state index contributed by atoms with van der Waals surface area (Å²) in [4.78, 5) is 6.58. The third kappa shape index (κ3) is 3.86. The third-order valence-corrected chi connectivity index (χ3v) is 3.62. The summed E-state index contributed by atoms with van der Waals surface area (Å²) < 4.78 is 1.08. The zero-order valence-electron chi connectivity index (χ0n) is 11.0. The quantitative estimate of drug-likeness (QED) is 0.921. The largest absolute Gasteiger partial charge is 0.329 e. The molecule has 0 bridgehead atoms. The van der Waals surface area contributed by atoms with Crippen LogP contribution in [0, 0.1) is 0 Å². The van der Waals surface area contributed by atoms with Gasteiger partial charge in [-0.15, -0.1) is 0 Å². The lowest BCUT2D eigenvalue weighted by molar-refractivity contribution is 0.239. The van der Waals surface area contributed by atoms with E-state index in [4.69, 9.17) is 5.73 Å². The summed E-state index contributed by atoms with van der Waals surface area (Å²) >= 11 is 3.50. The van der Waals surface area contributed by atoms with Gasteiger partial charge in [0.15, 0.2) is 0 Å². The van der Waals surface area contributed by atoms with Crippen LogP contribution < -0.4 is 5.73 Å². The van der Waals surface area contributed by atoms with E-state index in [-0.39, 0.29) is 6.04 Å². The maximum Gasteiger partial charge on any atom is 0.0544 e. The molecule has 0 radical (unpaired) electrons. The Kier molecular flexibility index (Phi) is 5.07. The molecule has 2 aromatic rings. The summed E-state index contributed by atoms with van der Waals surface area (Å²) in [7, 11) is 2.08. The van der Waals surface area contributed by atoms with Gasteiger partial charge in [0.05, 0.1) is 5.69 Å². The monoisotopic (exact) mass is 319 g/mol. The highest BCUT2D eigenvalue weighted by atomic mass is 79.9. The van der Waals surface area contributed by atoms with Gasteiger partial charge in [-0.2, -0.15) is 0 Å². The van der Waals surface area contributed by atoms with Gasteiger partial charge in [0.25, 0.3) is 0 Å². The van der Waals surface area contributed by atoms with Crippen LogP contribution in [0.3, 0.4) is 0 Å². The summed E-state index contributed by atoms with van der Waals surface area (Å²) in [6, 6.07) is 14.5. The topological polar surface area (TPSA) is 42.2 Å². The Morgan fingerprint density at radius 1 is 1.26 bits per heavy atom. The Bertz CT molecular complexity index is 516.